The highest BCUT2D eigenvalue weighted by atomic mass is 19.4. The number of hydrogen-bond acceptors (Lipinski definition) is 7. The number of alkyl halides is 3. The van der Waals surface area contributed by atoms with Crippen LogP contribution >= 0.6 is 0 Å². The number of halogens is 3. The van der Waals surface area contributed by atoms with Crippen LogP contribution in [0.2, 0.25) is 0 Å². The highest BCUT2D eigenvalue weighted by molar-refractivity contribution is 5.98. The molecule has 1 amide bonds. The standard InChI is InChI=1S/C23H23F3N2O6/c1-15(34-21(30)14-33-18-5-2-16(13-29)3-6-18)22(31)27-19-12-17(23(24,25)26)4-7-20(19)28-8-10-32-11-9-28/h2-7,12-13,15H,8-11,14H2,1H3,(H,27,31). The minimum atomic E-state index is -4.59. The molecular formula is C23H23F3N2O6. The Balaban J connectivity index is 1.64. The van der Waals surface area contributed by atoms with Crippen LogP contribution in [0.25, 0.3) is 0 Å². The van der Waals surface area contributed by atoms with Crippen molar-refractivity contribution in [2.45, 2.75) is 19.2 Å². The second-order valence-electron chi connectivity index (χ2n) is 7.43. The number of ether oxygens (including phenoxy) is 3. The quantitative estimate of drug-likeness (QED) is 0.458. The lowest BCUT2D eigenvalue weighted by Gasteiger charge is -2.31. The Bertz CT molecular complexity index is 1020. The summed E-state index contributed by atoms with van der Waals surface area (Å²) in [5.74, 6) is -1.32. The van der Waals surface area contributed by atoms with Crippen molar-refractivity contribution in [2.75, 3.05) is 43.1 Å². The van der Waals surface area contributed by atoms with Gasteiger partial charge in [0.25, 0.3) is 5.91 Å². The van der Waals surface area contributed by atoms with Crippen molar-refractivity contribution < 1.29 is 41.8 Å². The molecule has 0 saturated carbocycles. The summed E-state index contributed by atoms with van der Waals surface area (Å²) in [7, 11) is 0. The van der Waals surface area contributed by atoms with Crippen LogP contribution < -0.4 is 15.0 Å². The molecule has 2 aromatic rings. The predicted octanol–water partition coefficient (Wildman–Crippen LogP) is 3.30. The maximum absolute atomic E-state index is 13.2. The van der Waals surface area contributed by atoms with Gasteiger partial charge >= 0.3 is 12.1 Å². The second kappa shape index (κ2) is 11.0. The van der Waals surface area contributed by atoms with E-state index in [4.69, 9.17) is 14.2 Å². The summed E-state index contributed by atoms with van der Waals surface area (Å²) in [6.07, 6.45) is -5.23. The van der Waals surface area contributed by atoms with Crippen molar-refractivity contribution in [1.29, 1.82) is 0 Å². The van der Waals surface area contributed by atoms with E-state index in [1.165, 1.54) is 37.3 Å². The van der Waals surface area contributed by atoms with Gasteiger partial charge in [0.2, 0.25) is 0 Å². The van der Waals surface area contributed by atoms with E-state index in [2.05, 4.69) is 5.32 Å². The number of morpholine rings is 1. The summed E-state index contributed by atoms with van der Waals surface area (Å²) in [5.41, 5.74) is -0.119. The lowest BCUT2D eigenvalue weighted by Crippen LogP contribution is -2.37. The van der Waals surface area contributed by atoms with Gasteiger partial charge in [0.05, 0.1) is 30.2 Å². The van der Waals surface area contributed by atoms with E-state index in [1.807, 2.05) is 0 Å². The Morgan fingerprint density at radius 1 is 1.15 bits per heavy atom. The predicted molar refractivity (Wildman–Crippen MR) is 116 cm³/mol. The average Bonchev–Trinajstić information content (AvgIpc) is 2.83. The highest BCUT2D eigenvalue weighted by Gasteiger charge is 2.32. The first kappa shape index (κ1) is 25.0. The highest BCUT2D eigenvalue weighted by Crippen LogP contribution is 2.36. The Kier molecular flexibility index (Phi) is 8.11. The van der Waals surface area contributed by atoms with Crippen molar-refractivity contribution in [3.8, 4) is 5.75 Å². The number of benzene rings is 2. The number of nitrogens with one attached hydrogen (secondary N) is 1. The molecule has 11 heteroatoms. The van der Waals surface area contributed by atoms with E-state index in [1.54, 1.807) is 4.90 Å². The number of rotatable bonds is 8. The van der Waals surface area contributed by atoms with Gasteiger partial charge in [0.1, 0.15) is 12.0 Å². The Hall–Kier alpha value is -3.60. The van der Waals surface area contributed by atoms with Crippen LogP contribution in [0.4, 0.5) is 24.5 Å². The van der Waals surface area contributed by atoms with Gasteiger partial charge in [-0.1, -0.05) is 0 Å². The number of nitrogens with zero attached hydrogens (tertiary/aromatic N) is 1. The Morgan fingerprint density at radius 3 is 2.44 bits per heavy atom. The molecule has 1 atom stereocenters. The number of anilines is 2. The number of carbonyl (C=O) groups is 3. The second-order valence-corrected chi connectivity index (χ2v) is 7.43. The minimum Gasteiger partial charge on any atom is -0.482 e. The van der Waals surface area contributed by atoms with Gasteiger partial charge in [-0.15, -0.1) is 0 Å². The van der Waals surface area contributed by atoms with E-state index in [0.29, 0.717) is 49.6 Å². The smallest absolute Gasteiger partial charge is 0.416 e. The first-order valence-corrected chi connectivity index (χ1v) is 10.4. The normalized spacial score (nSPS) is 14.8. The molecule has 1 aliphatic heterocycles. The first-order valence-electron chi connectivity index (χ1n) is 10.4. The van der Waals surface area contributed by atoms with Crippen molar-refractivity contribution in [1.82, 2.24) is 0 Å². The number of esters is 1. The molecule has 182 valence electrons. The van der Waals surface area contributed by atoms with Gasteiger partial charge in [0.15, 0.2) is 12.7 Å². The zero-order valence-corrected chi connectivity index (χ0v) is 18.3. The fraction of sp³-hybridized carbons (Fsp3) is 0.348. The number of amides is 1. The third-order valence-electron chi connectivity index (χ3n) is 4.98. The van der Waals surface area contributed by atoms with Crippen molar-refractivity contribution in [3.05, 3.63) is 53.6 Å². The monoisotopic (exact) mass is 480 g/mol. The van der Waals surface area contributed by atoms with E-state index in [9.17, 15) is 27.6 Å². The van der Waals surface area contributed by atoms with Gasteiger partial charge in [-0.25, -0.2) is 4.79 Å². The van der Waals surface area contributed by atoms with Crippen molar-refractivity contribution in [2.24, 2.45) is 0 Å². The third-order valence-corrected chi connectivity index (χ3v) is 4.98. The molecule has 1 aliphatic rings. The van der Waals surface area contributed by atoms with Crippen molar-refractivity contribution >= 4 is 29.5 Å². The summed E-state index contributed by atoms with van der Waals surface area (Å²) >= 11 is 0. The van der Waals surface area contributed by atoms with E-state index in [0.717, 1.165) is 12.1 Å². The minimum absolute atomic E-state index is 0.0452. The van der Waals surface area contributed by atoms with Gasteiger partial charge in [-0.3, -0.25) is 9.59 Å². The zero-order valence-electron chi connectivity index (χ0n) is 18.3. The van der Waals surface area contributed by atoms with Gasteiger partial charge in [-0.05, 0) is 49.4 Å². The topological polar surface area (TPSA) is 94.2 Å². The molecule has 0 aromatic heterocycles. The zero-order chi connectivity index (χ0) is 24.7. The van der Waals surface area contributed by atoms with Gasteiger partial charge in [0, 0.05) is 18.7 Å². The molecule has 0 radical (unpaired) electrons. The van der Waals surface area contributed by atoms with Gasteiger partial charge < -0.3 is 24.4 Å². The molecule has 1 fully saturated rings. The van der Waals surface area contributed by atoms with Crippen molar-refractivity contribution in [3.63, 3.8) is 0 Å². The molecule has 0 spiro atoms. The fourth-order valence-corrected chi connectivity index (χ4v) is 3.20. The van der Waals surface area contributed by atoms with E-state index < -0.39 is 36.3 Å². The third kappa shape index (κ3) is 6.70. The number of aldehydes is 1. The summed E-state index contributed by atoms with van der Waals surface area (Å²) in [4.78, 5) is 37.1. The SMILES string of the molecule is CC(OC(=O)COc1ccc(C=O)cc1)C(=O)Nc1cc(C(F)(F)F)ccc1N1CCOCC1. The molecular weight excluding hydrogens is 457 g/mol. The molecule has 1 unspecified atom stereocenters. The van der Waals surface area contributed by atoms with Crippen LogP contribution in [0.1, 0.15) is 22.8 Å². The summed E-state index contributed by atoms with van der Waals surface area (Å²) < 4.78 is 55.3. The molecule has 1 saturated heterocycles. The molecule has 3 rings (SSSR count). The summed E-state index contributed by atoms with van der Waals surface area (Å²) in [6.45, 7) is 2.50. The van der Waals surface area contributed by atoms with E-state index >= 15 is 0 Å². The molecule has 1 heterocycles. The van der Waals surface area contributed by atoms with Crippen LogP contribution in [-0.2, 0) is 25.2 Å². The Labute approximate surface area is 193 Å². The molecule has 0 aliphatic carbocycles. The molecule has 2 aromatic carbocycles. The summed E-state index contributed by atoms with van der Waals surface area (Å²) in [5, 5.41) is 2.44. The lowest BCUT2D eigenvalue weighted by molar-refractivity contribution is -0.155. The summed E-state index contributed by atoms with van der Waals surface area (Å²) in [6, 6.07) is 9.09. The molecule has 34 heavy (non-hydrogen) atoms. The number of hydrogen-bond donors (Lipinski definition) is 1. The van der Waals surface area contributed by atoms with E-state index in [-0.39, 0.29) is 5.69 Å². The molecule has 0 bridgehead atoms. The number of carbonyl (C=O) groups excluding carboxylic acids is 3. The van der Waals surface area contributed by atoms with Crippen LogP contribution in [0.5, 0.6) is 5.75 Å². The first-order chi connectivity index (χ1) is 16.2. The van der Waals surface area contributed by atoms with Crippen LogP contribution in [-0.4, -0.2) is 57.2 Å². The fourth-order valence-electron chi connectivity index (χ4n) is 3.20. The van der Waals surface area contributed by atoms with Crippen LogP contribution in [0.3, 0.4) is 0 Å². The maximum atomic E-state index is 13.2. The van der Waals surface area contributed by atoms with Crippen LogP contribution in [0, 0.1) is 0 Å². The van der Waals surface area contributed by atoms with Crippen LogP contribution in [0.15, 0.2) is 42.5 Å². The van der Waals surface area contributed by atoms with Gasteiger partial charge in [-0.2, -0.15) is 13.2 Å². The molecule has 8 nitrogen and oxygen atoms in total. The average molecular weight is 480 g/mol. The Morgan fingerprint density at radius 2 is 1.82 bits per heavy atom. The molecule has 1 N–H and O–H groups in total. The largest absolute Gasteiger partial charge is 0.482 e. The maximum Gasteiger partial charge on any atom is 0.416 e. The lowest BCUT2D eigenvalue weighted by atomic mass is 10.1.